The van der Waals surface area contributed by atoms with Gasteiger partial charge < -0.3 is 5.11 Å². The van der Waals surface area contributed by atoms with Crippen LogP contribution in [0.2, 0.25) is 0 Å². The van der Waals surface area contributed by atoms with Crippen molar-refractivity contribution in [2.24, 2.45) is 11.8 Å². The molecule has 3 nitrogen and oxygen atoms in total. The summed E-state index contributed by atoms with van der Waals surface area (Å²) in [7, 11) is 0. The minimum atomic E-state index is -0.582. The van der Waals surface area contributed by atoms with E-state index in [0.717, 1.165) is 38.3 Å². The Hall–Kier alpha value is -0.570. The van der Waals surface area contributed by atoms with Crippen molar-refractivity contribution in [2.45, 2.75) is 45.1 Å². The van der Waals surface area contributed by atoms with Crippen molar-refractivity contribution < 1.29 is 9.90 Å². The van der Waals surface area contributed by atoms with E-state index in [1.807, 2.05) is 0 Å². The van der Waals surface area contributed by atoms with Crippen LogP contribution in [0.3, 0.4) is 0 Å². The maximum Gasteiger partial charge on any atom is 0.308 e. The number of aliphatic carboxylic acids is 1. The Labute approximate surface area is 91.5 Å². The standard InChI is InChI=1S/C12H21NO2/c1-2-9-4-5-10(12(14)15)11(8-9)13-6-3-7-13/h9-11H,2-8H2,1H3,(H,14,15). The van der Waals surface area contributed by atoms with E-state index in [1.165, 1.54) is 12.8 Å². The zero-order valence-electron chi connectivity index (χ0n) is 9.48. The molecule has 3 unspecified atom stereocenters. The van der Waals surface area contributed by atoms with Crippen LogP contribution in [0.15, 0.2) is 0 Å². The Morgan fingerprint density at radius 1 is 1.40 bits per heavy atom. The molecule has 0 aromatic rings. The largest absolute Gasteiger partial charge is 0.481 e. The summed E-state index contributed by atoms with van der Waals surface area (Å²) in [4.78, 5) is 13.6. The fraction of sp³-hybridized carbons (Fsp3) is 0.917. The van der Waals surface area contributed by atoms with Crippen LogP contribution < -0.4 is 0 Å². The molecule has 0 aromatic carbocycles. The van der Waals surface area contributed by atoms with Crippen LogP contribution in [0.4, 0.5) is 0 Å². The van der Waals surface area contributed by atoms with Gasteiger partial charge in [-0.1, -0.05) is 13.3 Å². The van der Waals surface area contributed by atoms with Gasteiger partial charge in [-0.05, 0) is 44.7 Å². The molecule has 1 saturated carbocycles. The molecule has 1 heterocycles. The third-order valence-corrected chi connectivity index (χ3v) is 4.18. The van der Waals surface area contributed by atoms with Crippen molar-refractivity contribution in [2.75, 3.05) is 13.1 Å². The number of rotatable bonds is 3. The predicted octanol–water partition coefficient (Wildman–Crippen LogP) is 1.97. The van der Waals surface area contributed by atoms with Crippen LogP contribution in [0, 0.1) is 11.8 Å². The second kappa shape index (κ2) is 4.52. The van der Waals surface area contributed by atoms with E-state index >= 15 is 0 Å². The maximum absolute atomic E-state index is 11.2. The molecule has 0 aromatic heterocycles. The van der Waals surface area contributed by atoms with Crippen LogP contribution in [-0.2, 0) is 4.79 Å². The third kappa shape index (κ3) is 2.17. The van der Waals surface area contributed by atoms with Gasteiger partial charge >= 0.3 is 5.97 Å². The SMILES string of the molecule is CCC1CCC(C(=O)O)C(N2CCC2)C1. The molecule has 3 atom stereocenters. The lowest BCUT2D eigenvalue weighted by Crippen LogP contribution is -2.52. The number of carboxylic acids is 1. The Bertz CT molecular complexity index is 238. The van der Waals surface area contributed by atoms with Crippen molar-refractivity contribution in [1.82, 2.24) is 4.90 Å². The molecule has 3 heteroatoms. The zero-order chi connectivity index (χ0) is 10.8. The quantitative estimate of drug-likeness (QED) is 0.776. The highest BCUT2D eigenvalue weighted by Crippen LogP contribution is 2.35. The molecule has 0 spiro atoms. The van der Waals surface area contributed by atoms with E-state index < -0.39 is 5.97 Å². The lowest BCUT2D eigenvalue weighted by molar-refractivity contribution is -0.147. The highest BCUT2D eigenvalue weighted by Gasteiger charge is 2.39. The second-order valence-electron chi connectivity index (χ2n) is 4.99. The maximum atomic E-state index is 11.2. The average molecular weight is 211 g/mol. The summed E-state index contributed by atoms with van der Waals surface area (Å²) in [6.07, 6.45) is 5.55. The molecule has 1 N–H and O–H groups in total. The van der Waals surface area contributed by atoms with Gasteiger partial charge in [-0.25, -0.2) is 0 Å². The first kappa shape index (κ1) is 10.9. The number of carbonyl (C=O) groups is 1. The predicted molar refractivity (Wildman–Crippen MR) is 58.7 cm³/mol. The van der Waals surface area contributed by atoms with E-state index in [-0.39, 0.29) is 5.92 Å². The summed E-state index contributed by atoms with van der Waals surface area (Å²) in [5.74, 6) is 0.0701. The van der Waals surface area contributed by atoms with Gasteiger partial charge in [0.2, 0.25) is 0 Å². The van der Waals surface area contributed by atoms with Crippen LogP contribution in [0.5, 0.6) is 0 Å². The number of carboxylic acid groups (broad SMARTS) is 1. The molecule has 0 radical (unpaired) electrons. The summed E-state index contributed by atoms with van der Waals surface area (Å²) in [5, 5.41) is 9.21. The molecule has 1 aliphatic carbocycles. The van der Waals surface area contributed by atoms with E-state index in [0.29, 0.717) is 6.04 Å². The van der Waals surface area contributed by atoms with E-state index in [2.05, 4.69) is 11.8 Å². The molecular formula is C12H21NO2. The Kier molecular flexibility index (Phi) is 3.29. The monoisotopic (exact) mass is 211 g/mol. The fourth-order valence-electron chi connectivity index (χ4n) is 2.97. The van der Waals surface area contributed by atoms with Gasteiger partial charge in [0.1, 0.15) is 0 Å². The minimum absolute atomic E-state index is 0.104. The lowest BCUT2D eigenvalue weighted by Gasteiger charge is -2.45. The van der Waals surface area contributed by atoms with Crippen molar-refractivity contribution in [1.29, 1.82) is 0 Å². The average Bonchev–Trinajstić information content (AvgIpc) is 2.14. The first-order valence-electron chi connectivity index (χ1n) is 6.19. The van der Waals surface area contributed by atoms with E-state index in [4.69, 9.17) is 0 Å². The summed E-state index contributed by atoms with van der Waals surface area (Å²) in [6, 6.07) is 0.329. The van der Waals surface area contributed by atoms with Crippen molar-refractivity contribution in [3.8, 4) is 0 Å². The van der Waals surface area contributed by atoms with Crippen LogP contribution in [0.25, 0.3) is 0 Å². The highest BCUT2D eigenvalue weighted by molar-refractivity contribution is 5.71. The number of hydrogen-bond donors (Lipinski definition) is 1. The Morgan fingerprint density at radius 2 is 2.13 bits per heavy atom. The topological polar surface area (TPSA) is 40.5 Å². The second-order valence-corrected chi connectivity index (χ2v) is 4.99. The first-order chi connectivity index (χ1) is 7.22. The molecule has 1 saturated heterocycles. The smallest absolute Gasteiger partial charge is 0.308 e. The molecule has 0 bridgehead atoms. The molecular weight excluding hydrogens is 190 g/mol. The third-order valence-electron chi connectivity index (χ3n) is 4.18. The summed E-state index contributed by atoms with van der Waals surface area (Å²) in [6.45, 7) is 4.45. The van der Waals surface area contributed by atoms with Crippen LogP contribution >= 0.6 is 0 Å². The molecule has 2 fully saturated rings. The molecule has 0 amide bonds. The zero-order valence-corrected chi connectivity index (χ0v) is 9.48. The van der Waals surface area contributed by atoms with Crippen LogP contribution in [0.1, 0.15) is 39.0 Å². The molecule has 86 valence electrons. The number of hydrogen-bond acceptors (Lipinski definition) is 2. The Morgan fingerprint density at radius 3 is 2.60 bits per heavy atom. The summed E-state index contributed by atoms with van der Waals surface area (Å²) >= 11 is 0. The number of nitrogens with zero attached hydrogens (tertiary/aromatic N) is 1. The van der Waals surface area contributed by atoms with E-state index in [9.17, 15) is 9.90 Å². The lowest BCUT2D eigenvalue weighted by atomic mass is 9.76. The van der Waals surface area contributed by atoms with Crippen molar-refractivity contribution >= 4 is 5.97 Å². The van der Waals surface area contributed by atoms with Gasteiger partial charge in [-0.3, -0.25) is 9.69 Å². The summed E-state index contributed by atoms with van der Waals surface area (Å²) < 4.78 is 0. The molecule has 15 heavy (non-hydrogen) atoms. The van der Waals surface area contributed by atoms with Gasteiger partial charge in [0.25, 0.3) is 0 Å². The van der Waals surface area contributed by atoms with Gasteiger partial charge in [0.05, 0.1) is 5.92 Å². The highest BCUT2D eigenvalue weighted by atomic mass is 16.4. The minimum Gasteiger partial charge on any atom is -0.481 e. The summed E-state index contributed by atoms with van der Waals surface area (Å²) in [5.41, 5.74) is 0. The Balaban J connectivity index is 2.01. The van der Waals surface area contributed by atoms with Gasteiger partial charge in [0.15, 0.2) is 0 Å². The molecule has 1 aliphatic heterocycles. The fourth-order valence-corrected chi connectivity index (χ4v) is 2.97. The molecule has 2 rings (SSSR count). The van der Waals surface area contributed by atoms with Gasteiger partial charge in [-0.15, -0.1) is 0 Å². The van der Waals surface area contributed by atoms with Crippen LogP contribution in [-0.4, -0.2) is 35.1 Å². The van der Waals surface area contributed by atoms with Crippen molar-refractivity contribution in [3.05, 3.63) is 0 Å². The van der Waals surface area contributed by atoms with Gasteiger partial charge in [0, 0.05) is 6.04 Å². The van der Waals surface area contributed by atoms with Gasteiger partial charge in [-0.2, -0.15) is 0 Å². The van der Waals surface area contributed by atoms with Crippen molar-refractivity contribution in [3.63, 3.8) is 0 Å². The first-order valence-corrected chi connectivity index (χ1v) is 6.19. The normalized spacial score (nSPS) is 37.3. The van der Waals surface area contributed by atoms with E-state index in [1.54, 1.807) is 0 Å². The number of likely N-dealkylation sites (tertiary alicyclic amines) is 1. The molecule has 2 aliphatic rings.